The molecule has 2 fully saturated rings. The topological polar surface area (TPSA) is 50.4 Å². The van der Waals surface area contributed by atoms with Crippen LogP contribution in [-0.2, 0) is 20.4 Å². The van der Waals surface area contributed by atoms with Crippen molar-refractivity contribution in [2.75, 3.05) is 20.2 Å². The fourth-order valence-corrected chi connectivity index (χ4v) is 5.61. The molecule has 1 spiro atoms. The Hall–Kier alpha value is -2.17. The van der Waals surface area contributed by atoms with Crippen LogP contribution in [0.2, 0.25) is 0 Å². The van der Waals surface area contributed by atoms with Crippen LogP contribution in [0.15, 0.2) is 54.6 Å². The molecule has 4 nitrogen and oxygen atoms in total. The van der Waals surface area contributed by atoms with Gasteiger partial charge in [0.2, 0.25) is 5.91 Å². The molecule has 0 bridgehead atoms. The van der Waals surface area contributed by atoms with Gasteiger partial charge in [-0.1, -0.05) is 54.6 Å². The number of carbonyl (C=O) groups excluding carboxylic acids is 1. The van der Waals surface area contributed by atoms with Gasteiger partial charge in [-0.25, -0.2) is 0 Å². The van der Waals surface area contributed by atoms with E-state index >= 15 is 0 Å². The monoisotopic (exact) mass is 376 g/mol. The van der Waals surface area contributed by atoms with Crippen LogP contribution in [-0.4, -0.2) is 32.2 Å². The second-order valence-electron chi connectivity index (χ2n) is 8.55. The van der Waals surface area contributed by atoms with E-state index in [2.05, 4.69) is 47.0 Å². The van der Waals surface area contributed by atoms with Crippen molar-refractivity contribution in [2.45, 2.75) is 48.7 Å². The normalized spacial score (nSPS) is 26.6. The maximum atomic E-state index is 13.4. The highest BCUT2D eigenvalue weighted by molar-refractivity contribution is 5.91. The average Bonchev–Trinajstić information content (AvgIpc) is 3.53. The van der Waals surface area contributed by atoms with Crippen LogP contribution in [0.3, 0.4) is 0 Å². The zero-order valence-corrected chi connectivity index (χ0v) is 16.4. The number of methoxy groups -OCH3 is 1. The van der Waals surface area contributed by atoms with Crippen molar-refractivity contribution < 1.29 is 9.53 Å². The predicted octanol–water partition coefficient (Wildman–Crippen LogP) is 3.23. The number of hydrogen-bond donors (Lipinski definition) is 2. The van der Waals surface area contributed by atoms with Gasteiger partial charge in [-0.3, -0.25) is 4.79 Å². The van der Waals surface area contributed by atoms with Crippen molar-refractivity contribution in [3.8, 4) is 0 Å². The standard InChI is InChI=1S/C24H28N2O2/c1-28-21-20(26-22(27)23(11-12-23)17-7-3-2-4-8-17)18-9-5-6-10-19(18)24(21)13-15-25-16-14-24/h2-10,20-21,25H,11-16H2,1H3,(H,26,27)/t20-,21+/m1/s1. The molecule has 1 saturated carbocycles. The Morgan fingerprint density at radius 2 is 1.68 bits per heavy atom. The van der Waals surface area contributed by atoms with E-state index in [1.807, 2.05) is 18.2 Å². The maximum Gasteiger partial charge on any atom is 0.231 e. The molecule has 28 heavy (non-hydrogen) atoms. The lowest BCUT2D eigenvalue weighted by atomic mass is 9.72. The quantitative estimate of drug-likeness (QED) is 0.861. The van der Waals surface area contributed by atoms with Gasteiger partial charge in [0.25, 0.3) is 0 Å². The lowest BCUT2D eigenvalue weighted by molar-refractivity contribution is -0.125. The molecule has 2 aromatic carbocycles. The molecule has 2 N–H and O–H groups in total. The first-order chi connectivity index (χ1) is 13.7. The number of hydrogen-bond acceptors (Lipinski definition) is 3. The first kappa shape index (κ1) is 17.9. The number of ether oxygens (including phenoxy) is 1. The number of rotatable bonds is 4. The number of amides is 1. The molecule has 3 aliphatic rings. The van der Waals surface area contributed by atoms with Gasteiger partial charge in [-0.15, -0.1) is 0 Å². The molecule has 1 heterocycles. The Labute approximate surface area is 166 Å². The molecule has 1 amide bonds. The van der Waals surface area contributed by atoms with Crippen molar-refractivity contribution in [3.05, 3.63) is 71.3 Å². The van der Waals surface area contributed by atoms with Crippen molar-refractivity contribution in [3.63, 3.8) is 0 Å². The minimum absolute atomic E-state index is 0.0159. The molecule has 2 aliphatic carbocycles. The van der Waals surface area contributed by atoms with E-state index in [4.69, 9.17) is 4.74 Å². The first-order valence-electron chi connectivity index (χ1n) is 10.4. The van der Waals surface area contributed by atoms with Crippen LogP contribution < -0.4 is 10.6 Å². The van der Waals surface area contributed by atoms with Crippen LogP contribution >= 0.6 is 0 Å². The summed E-state index contributed by atoms with van der Waals surface area (Å²) in [6.07, 6.45) is 3.90. The highest BCUT2D eigenvalue weighted by Gasteiger charge is 2.56. The van der Waals surface area contributed by atoms with E-state index in [0.29, 0.717) is 0 Å². The zero-order chi connectivity index (χ0) is 19.2. The van der Waals surface area contributed by atoms with Gasteiger partial charge in [-0.05, 0) is 55.5 Å². The Balaban J connectivity index is 1.49. The Morgan fingerprint density at radius 3 is 2.36 bits per heavy atom. The third-order valence-electron chi connectivity index (χ3n) is 7.23. The van der Waals surface area contributed by atoms with Gasteiger partial charge >= 0.3 is 0 Å². The van der Waals surface area contributed by atoms with E-state index in [1.165, 1.54) is 11.1 Å². The minimum atomic E-state index is -0.363. The number of piperidine rings is 1. The number of carbonyl (C=O) groups is 1. The molecule has 0 aromatic heterocycles. The van der Waals surface area contributed by atoms with Crippen molar-refractivity contribution in [1.29, 1.82) is 0 Å². The van der Waals surface area contributed by atoms with Gasteiger partial charge in [0.1, 0.15) is 0 Å². The second kappa shape index (κ2) is 6.71. The van der Waals surface area contributed by atoms with Crippen molar-refractivity contribution in [2.24, 2.45) is 0 Å². The van der Waals surface area contributed by atoms with E-state index in [0.717, 1.165) is 44.3 Å². The molecule has 4 heteroatoms. The highest BCUT2D eigenvalue weighted by atomic mass is 16.5. The minimum Gasteiger partial charge on any atom is -0.378 e. The van der Waals surface area contributed by atoms with Crippen molar-refractivity contribution >= 4 is 5.91 Å². The van der Waals surface area contributed by atoms with Crippen LogP contribution in [0, 0.1) is 0 Å². The van der Waals surface area contributed by atoms with Gasteiger partial charge in [0.05, 0.1) is 17.6 Å². The third kappa shape index (κ3) is 2.55. The molecule has 2 atom stereocenters. The first-order valence-corrected chi connectivity index (χ1v) is 10.4. The summed E-state index contributed by atoms with van der Waals surface area (Å²) in [7, 11) is 1.80. The maximum absolute atomic E-state index is 13.4. The fourth-order valence-electron chi connectivity index (χ4n) is 5.61. The Kier molecular flexibility index (Phi) is 4.29. The van der Waals surface area contributed by atoms with Crippen molar-refractivity contribution in [1.82, 2.24) is 10.6 Å². The SMILES string of the molecule is CO[C@H]1[C@H](NC(=O)C2(c3ccccc3)CC2)c2ccccc2C12CCNCC2. The lowest BCUT2D eigenvalue weighted by Gasteiger charge is -2.40. The molecule has 1 aliphatic heterocycles. The summed E-state index contributed by atoms with van der Waals surface area (Å²) in [4.78, 5) is 13.4. The summed E-state index contributed by atoms with van der Waals surface area (Å²) >= 11 is 0. The Morgan fingerprint density at radius 1 is 1.00 bits per heavy atom. The van der Waals surface area contributed by atoms with Crippen LogP contribution in [0.4, 0.5) is 0 Å². The van der Waals surface area contributed by atoms with E-state index in [9.17, 15) is 4.79 Å². The molecule has 0 unspecified atom stereocenters. The fraction of sp³-hybridized carbons (Fsp3) is 0.458. The summed E-state index contributed by atoms with van der Waals surface area (Å²) in [5, 5.41) is 6.90. The highest BCUT2D eigenvalue weighted by Crippen LogP contribution is 2.53. The van der Waals surface area contributed by atoms with Gasteiger partial charge in [0, 0.05) is 12.5 Å². The number of fused-ring (bicyclic) bond motifs is 2. The molecule has 1 saturated heterocycles. The molecule has 5 rings (SSSR count). The van der Waals surface area contributed by atoms with Crippen LogP contribution in [0.5, 0.6) is 0 Å². The summed E-state index contributed by atoms with van der Waals surface area (Å²) in [5.74, 6) is 0.145. The molecule has 0 radical (unpaired) electrons. The van der Waals surface area contributed by atoms with Crippen LogP contribution in [0.25, 0.3) is 0 Å². The van der Waals surface area contributed by atoms with E-state index in [-0.39, 0.29) is 28.9 Å². The summed E-state index contributed by atoms with van der Waals surface area (Å²) < 4.78 is 6.10. The lowest BCUT2D eigenvalue weighted by Crippen LogP contribution is -2.50. The molecule has 146 valence electrons. The van der Waals surface area contributed by atoms with Crippen LogP contribution in [0.1, 0.15) is 48.4 Å². The summed E-state index contributed by atoms with van der Waals surface area (Å²) in [6, 6.07) is 18.7. The number of nitrogens with one attached hydrogen (secondary N) is 2. The van der Waals surface area contributed by atoms with Gasteiger partial charge in [-0.2, -0.15) is 0 Å². The van der Waals surface area contributed by atoms with E-state index in [1.54, 1.807) is 7.11 Å². The average molecular weight is 377 g/mol. The number of benzene rings is 2. The smallest absolute Gasteiger partial charge is 0.231 e. The summed E-state index contributed by atoms with van der Waals surface area (Å²) in [5.41, 5.74) is 3.34. The van der Waals surface area contributed by atoms with Gasteiger partial charge < -0.3 is 15.4 Å². The molecular formula is C24H28N2O2. The van der Waals surface area contributed by atoms with E-state index < -0.39 is 0 Å². The Bertz CT molecular complexity index is 869. The molecular weight excluding hydrogens is 348 g/mol. The third-order valence-corrected chi connectivity index (χ3v) is 7.23. The van der Waals surface area contributed by atoms with Gasteiger partial charge in [0.15, 0.2) is 0 Å². The molecule has 2 aromatic rings. The zero-order valence-electron chi connectivity index (χ0n) is 16.4. The largest absolute Gasteiger partial charge is 0.378 e. The summed E-state index contributed by atoms with van der Waals surface area (Å²) in [6.45, 7) is 1.98. The second-order valence-corrected chi connectivity index (χ2v) is 8.55. The predicted molar refractivity (Wildman–Crippen MR) is 109 cm³/mol.